The number of benzene rings is 2. The van der Waals surface area contributed by atoms with Crippen LogP contribution in [0, 0.1) is 6.92 Å². The normalized spacial score (nSPS) is 12.3. The van der Waals surface area contributed by atoms with Gasteiger partial charge >= 0.3 is 0 Å². The summed E-state index contributed by atoms with van der Waals surface area (Å²) in [4.78, 5) is 4.95. The summed E-state index contributed by atoms with van der Waals surface area (Å²) in [6.45, 7) is 6.32. The fourth-order valence-electron chi connectivity index (χ4n) is 3.17. The first-order valence-electron chi connectivity index (χ1n) is 9.53. The minimum absolute atomic E-state index is 0.361. The third-order valence-electron chi connectivity index (χ3n) is 5.04. The van der Waals surface area contributed by atoms with E-state index >= 15 is 0 Å². The first kappa shape index (κ1) is 21.3. The largest absolute Gasteiger partial charge is 0.296 e. The molecule has 4 rings (SSSR count). The minimum Gasteiger partial charge on any atom is -0.296 e. The van der Waals surface area contributed by atoms with E-state index in [9.17, 15) is 0 Å². The van der Waals surface area contributed by atoms with E-state index in [1.165, 1.54) is 0 Å². The van der Waals surface area contributed by atoms with Crippen LogP contribution in [-0.2, 0) is 0 Å². The highest BCUT2D eigenvalue weighted by atomic mass is 35.5. The SMILES string of the molecule is CCC(C)c1nnc(-c2nc(-c3ccc(Cl)cc3Cl)n(-c3ccc(Cl)cc3)c2C)s1. The molecule has 2 aromatic carbocycles. The molecule has 2 heterocycles. The van der Waals surface area contributed by atoms with Gasteiger partial charge in [0.1, 0.15) is 16.5 Å². The van der Waals surface area contributed by atoms with E-state index < -0.39 is 0 Å². The Labute approximate surface area is 194 Å². The summed E-state index contributed by atoms with van der Waals surface area (Å²) >= 11 is 20.3. The maximum absolute atomic E-state index is 6.54. The van der Waals surface area contributed by atoms with Crippen LogP contribution in [0.3, 0.4) is 0 Å². The van der Waals surface area contributed by atoms with Gasteiger partial charge in [-0.3, -0.25) is 4.57 Å². The molecule has 0 aliphatic carbocycles. The number of hydrogen-bond acceptors (Lipinski definition) is 4. The van der Waals surface area contributed by atoms with Crippen LogP contribution in [0.2, 0.25) is 15.1 Å². The number of nitrogens with zero attached hydrogens (tertiary/aromatic N) is 4. The number of halogens is 3. The van der Waals surface area contributed by atoms with Gasteiger partial charge in [0.15, 0.2) is 5.01 Å². The van der Waals surface area contributed by atoms with Gasteiger partial charge in [-0.25, -0.2) is 4.98 Å². The highest BCUT2D eigenvalue weighted by Crippen LogP contribution is 2.37. The van der Waals surface area contributed by atoms with Gasteiger partial charge in [-0.2, -0.15) is 0 Å². The van der Waals surface area contributed by atoms with Crippen molar-refractivity contribution in [2.24, 2.45) is 0 Å². The predicted octanol–water partition coefficient (Wildman–Crippen LogP) is 7.84. The molecule has 0 saturated heterocycles. The van der Waals surface area contributed by atoms with Gasteiger partial charge in [-0.15, -0.1) is 10.2 Å². The van der Waals surface area contributed by atoms with Crippen LogP contribution >= 0.6 is 46.1 Å². The zero-order valence-corrected chi connectivity index (χ0v) is 19.7. The Morgan fingerprint density at radius 3 is 2.37 bits per heavy atom. The van der Waals surface area contributed by atoms with E-state index in [0.717, 1.165) is 39.1 Å². The smallest absolute Gasteiger partial charge is 0.168 e. The minimum atomic E-state index is 0.361. The Balaban J connectivity index is 1.93. The lowest BCUT2D eigenvalue weighted by Gasteiger charge is -2.11. The maximum atomic E-state index is 6.54. The van der Waals surface area contributed by atoms with Gasteiger partial charge < -0.3 is 0 Å². The first-order valence-corrected chi connectivity index (χ1v) is 11.5. The lowest BCUT2D eigenvalue weighted by Crippen LogP contribution is -2.00. The fraction of sp³-hybridized carbons (Fsp3) is 0.227. The molecule has 0 spiro atoms. The Kier molecular flexibility index (Phi) is 6.16. The molecule has 4 aromatic rings. The Bertz CT molecular complexity index is 1200. The van der Waals surface area contributed by atoms with Gasteiger partial charge in [0.05, 0.1) is 10.7 Å². The zero-order chi connectivity index (χ0) is 21.4. The molecule has 8 heteroatoms. The van der Waals surface area contributed by atoms with E-state index in [1.54, 1.807) is 17.4 Å². The summed E-state index contributed by atoms with van der Waals surface area (Å²) in [5.74, 6) is 1.08. The fourth-order valence-corrected chi connectivity index (χ4v) is 4.80. The van der Waals surface area contributed by atoms with Gasteiger partial charge in [0.2, 0.25) is 0 Å². The summed E-state index contributed by atoms with van der Waals surface area (Å²) in [5.41, 5.74) is 3.46. The number of aromatic nitrogens is 4. The molecule has 0 aliphatic heterocycles. The number of rotatable bonds is 5. The van der Waals surface area contributed by atoms with Crippen molar-refractivity contribution in [1.29, 1.82) is 0 Å². The summed E-state index contributed by atoms with van der Waals surface area (Å²) in [7, 11) is 0. The van der Waals surface area contributed by atoms with Crippen LogP contribution in [-0.4, -0.2) is 19.7 Å². The predicted molar refractivity (Wildman–Crippen MR) is 126 cm³/mol. The molecule has 0 saturated carbocycles. The second-order valence-electron chi connectivity index (χ2n) is 7.06. The van der Waals surface area contributed by atoms with Crippen LogP contribution < -0.4 is 0 Å². The van der Waals surface area contributed by atoms with E-state index in [4.69, 9.17) is 39.8 Å². The zero-order valence-electron chi connectivity index (χ0n) is 16.7. The van der Waals surface area contributed by atoms with E-state index in [1.807, 2.05) is 43.3 Å². The molecule has 0 N–H and O–H groups in total. The molecule has 2 aromatic heterocycles. The third-order valence-corrected chi connectivity index (χ3v) is 7.00. The van der Waals surface area contributed by atoms with E-state index in [-0.39, 0.29) is 0 Å². The number of hydrogen-bond donors (Lipinski definition) is 0. The van der Waals surface area contributed by atoms with Crippen LogP contribution in [0.1, 0.15) is 36.9 Å². The molecule has 0 fully saturated rings. The third kappa shape index (κ3) is 4.00. The second-order valence-corrected chi connectivity index (χ2v) is 9.35. The maximum Gasteiger partial charge on any atom is 0.168 e. The standard InChI is InChI=1S/C22H19Cl3N4S/c1-4-12(2)21-27-28-22(30-21)19-13(3)29(16-8-5-14(23)6-9-16)20(26-19)17-10-7-15(24)11-18(17)25/h5-12H,4H2,1-3H3. The Morgan fingerprint density at radius 2 is 1.70 bits per heavy atom. The molecule has 30 heavy (non-hydrogen) atoms. The topological polar surface area (TPSA) is 43.6 Å². The van der Waals surface area contributed by atoms with E-state index in [0.29, 0.717) is 26.8 Å². The summed E-state index contributed by atoms with van der Waals surface area (Å²) in [5, 5.41) is 12.4. The average molecular weight is 478 g/mol. The lowest BCUT2D eigenvalue weighted by atomic mass is 10.1. The van der Waals surface area contributed by atoms with Gasteiger partial charge in [0.25, 0.3) is 0 Å². The van der Waals surface area contributed by atoms with Crippen LogP contribution in [0.4, 0.5) is 0 Å². The monoisotopic (exact) mass is 476 g/mol. The van der Waals surface area contributed by atoms with Gasteiger partial charge in [-0.1, -0.05) is 60.0 Å². The number of imidazole rings is 1. The Morgan fingerprint density at radius 1 is 1.00 bits per heavy atom. The van der Waals surface area contributed by atoms with Crippen molar-refractivity contribution in [3.63, 3.8) is 0 Å². The van der Waals surface area contributed by atoms with Crippen molar-refractivity contribution in [1.82, 2.24) is 19.7 Å². The first-order chi connectivity index (χ1) is 14.4. The van der Waals surface area contributed by atoms with Crippen LogP contribution in [0.5, 0.6) is 0 Å². The summed E-state index contributed by atoms with van der Waals surface area (Å²) < 4.78 is 2.06. The molecule has 154 valence electrons. The molecule has 0 amide bonds. The molecule has 4 nitrogen and oxygen atoms in total. The summed E-state index contributed by atoms with van der Waals surface area (Å²) in [6.07, 6.45) is 1.01. The average Bonchev–Trinajstić information content (AvgIpc) is 3.33. The van der Waals surface area contributed by atoms with Gasteiger partial charge in [0, 0.05) is 27.2 Å². The molecule has 0 bridgehead atoms. The second kappa shape index (κ2) is 8.67. The lowest BCUT2D eigenvalue weighted by molar-refractivity contribution is 0.715. The molecule has 1 unspecified atom stereocenters. The van der Waals surface area contributed by atoms with Crippen LogP contribution in [0.25, 0.3) is 27.8 Å². The molecular formula is C22H19Cl3N4S. The quantitative estimate of drug-likeness (QED) is 0.294. The van der Waals surface area contributed by atoms with Crippen molar-refractivity contribution >= 4 is 46.1 Å². The van der Waals surface area contributed by atoms with Crippen molar-refractivity contribution in [3.05, 3.63) is 68.2 Å². The summed E-state index contributed by atoms with van der Waals surface area (Å²) in [6, 6.07) is 13.0. The van der Waals surface area contributed by atoms with Crippen molar-refractivity contribution < 1.29 is 0 Å². The van der Waals surface area contributed by atoms with Crippen molar-refractivity contribution in [2.45, 2.75) is 33.1 Å². The van der Waals surface area contributed by atoms with E-state index in [2.05, 4.69) is 28.6 Å². The van der Waals surface area contributed by atoms with Crippen molar-refractivity contribution in [3.8, 4) is 27.8 Å². The van der Waals surface area contributed by atoms with Crippen molar-refractivity contribution in [2.75, 3.05) is 0 Å². The molecular weight excluding hydrogens is 459 g/mol. The van der Waals surface area contributed by atoms with Gasteiger partial charge in [-0.05, 0) is 55.8 Å². The molecule has 1 atom stereocenters. The highest BCUT2D eigenvalue weighted by molar-refractivity contribution is 7.14. The Hall–Kier alpha value is -1.92. The molecule has 0 aliphatic rings. The van der Waals surface area contributed by atoms with Crippen LogP contribution in [0.15, 0.2) is 42.5 Å². The highest BCUT2D eigenvalue weighted by Gasteiger charge is 2.23. The molecule has 0 radical (unpaired) electrons.